The Morgan fingerprint density at radius 1 is 1.30 bits per heavy atom. The molecular weight excluding hydrogens is 256 g/mol. The van der Waals surface area contributed by atoms with Crippen LogP contribution in [0.2, 0.25) is 0 Å². The topological polar surface area (TPSA) is 73.4 Å². The van der Waals surface area contributed by atoms with E-state index < -0.39 is 0 Å². The van der Waals surface area contributed by atoms with Crippen LogP contribution in [0.1, 0.15) is 6.42 Å². The summed E-state index contributed by atoms with van der Waals surface area (Å²) < 4.78 is 7.33. The fourth-order valence-corrected chi connectivity index (χ4v) is 2.27. The molecule has 20 heavy (non-hydrogen) atoms. The average Bonchev–Trinajstić information content (AvgIpc) is 2.79. The molecule has 6 heteroatoms. The molecule has 104 valence electrons. The van der Waals surface area contributed by atoms with Gasteiger partial charge in [-0.3, -0.25) is 9.48 Å². The summed E-state index contributed by atoms with van der Waals surface area (Å²) in [5.74, 6) is 0.813. The lowest BCUT2D eigenvalue weighted by Crippen LogP contribution is -2.33. The van der Waals surface area contributed by atoms with E-state index >= 15 is 0 Å². The first kappa shape index (κ1) is 12.5. The van der Waals surface area contributed by atoms with Crippen LogP contribution in [0.4, 0.5) is 11.4 Å². The predicted octanol–water partition coefficient (Wildman–Crippen LogP) is 1.28. The van der Waals surface area contributed by atoms with E-state index in [1.807, 2.05) is 24.3 Å². The Morgan fingerprint density at radius 3 is 2.95 bits per heavy atom. The number of carbonyl (C=O) groups is 1. The molecule has 3 rings (SSSR count). The fraction of sp³-hybridized carbons (Fsp3) is 0.286. The molecule has 0 saturated carbocycles. The van der Waals surface area contributed by atoms with E-state index in [9.17, 15) is 4.79 Å². The van der Waals surface area contributed by atoms with Gasteiger partial charge >= 0.3 is 0 Å². The van der Waals surface area contributed by atoms with E-state index in [1.165, 1.54) is 0 Å². The van der Waals surface area contributed by atoms with Gasteiger partial charge in [0.15, 0.2) is 0 Å². The number of anilines is 2. The Bertz CT molecular complexity index is 623. The predicted molar refractivity (Wildman–Crippen MR) is 75.5 cm³/mol. The maximum absolute atomic E-state index is 12.2. The SMILES string of the molecule is Nc1cnn(CCN2C(=O)CCOc3ccccc32)c1. The molecule has 0 fully saturated rings. The molecule has 0 aliphatic carbocycles. The monoisotopic (exact) mass is 272 g/mol. The lowest BCUT2D eigenvalue weighted by molar-refractivity contribution is -0.118. The zero-order chi connectivity index (χ0) is 13.9. The van der Waals surface area contributed by atoms with Crippen LogP contribution < -0.4 is 15.4 Å². The normalized spacial score (nSPS) is 14.6. The number of fused-ring (bicyclic) bond motifs is 1. The maximum atomic E-state index is 12.2. The smallest absolute Gasteiger partial charge is 0.230 e. The molecular formula is C14H16N4O2. The van der Waals surface area contributed by atoms with Crippen LogP contribution in [-0.2, 0) is 11.3 Å². The van der Waals surface area contributed by atoms with E-state index in [0.29, 0.717) is 31.8 Å². The first-order chi connectivity index (χ1) is 9.74. The molecule has 1 aliphatic heterocycles. The number of amides is 1. The molecule has 2 aromatic rings. The molecule has 2 heterocycles. The molecule has 0 unspecified atom stereocenters. The molecule has 2 N–H and O–H groups in total. The third-order valence-electron chi connectivity index (χ3n) is 3.24. The van der Waals surface area contributed by atoms with E-state index in [4.69, 9.17) is 10.5 Å². The van der Waals surface area contributed by atoms with Gasteiger partial charge in [0.1, 0.15) is 5.75 Å². The van der Waals surface area contributed by atoms with Crippen molar-refractivity contribution in [2.45, 2.75) is 13.0 Å². The highest BCUT2D eigenvalue weighted by molar-refractivity contribution is 5.95. The van der Waals surface area contributed by atoms with Gasteiger partial charge in [0.2, 0.25) is 5.91 Å². The fourth-order valence-electron chi connectivity index (χ4n) is 2.27. The van der Waals surface area contributed by atoms with Crippen molar-refractivity contribution in [1.82, 2.24) is 9.78 Å². The number of rotatable bonds is 3. The second-order valence-electron chi connectivity index (χ2n) is 4.65. The minimum absolute atomic E-state index is 0.0649. The van der Waals surface area contributed by atoms with Crippen LogP contribution in [0.15, 0.2) is 36.7 Å². The molecule has 0 atom stereocenters. The van der Waals surface area contributed by atoms with E-state index in [2.05, 4.69) is 5.10 Å². The number of para-hydroxylation sites is 2. The van der Waals surface area contributed by atoms with Crippen LogP contribution in [0.5, 0.6) is 5.75 Å². The highest BCUT2D eigenvalue weighted by atomic mass is 16.5. The number of nitrogens with zero attached hydrogens (tertiary/aromatic N) is 3. The Hall–Kier alpha value is -2.50. The van der Waals surface area contributed by atoms with E-state index in [1.54, 1.807) is 22.0 Å². The van der Waals surface area contributed by atoms with Gasteiger partial charge in [0, 0.05) is 12.7 Å². The van der Waals surface area contributed by atoms with Crippen molar-refractivity contribution in [2.24, 2.45) is 0 Å². The minimum atomic E-state index is 0.0649. The lowest BCUT2D eigenvalue weighted by atomic mass is 10.2. The van der Waals surface area contributed by atoms with Gasteiger partial charge in [-0.25, -0.2) is 0 Å². The molecule has 0 spiro atoms. The van der Waals surface area contributed by atoms with Crippen molar-refractivity contribution < 1.29 is 9.53 Å². The van der Waals surface area contributed by atoms with Crippen molar-refractivity contribution in [2.75, 3.05) is 23.8 Å². The van der Waals surface area contributed by atoms with Crippen LogP contribution >= 0.6 is 0 Å². The molecule has 0 radical (unpaired) electrons. The van der Waals surface area contributed by atoms with Crippen LogP contribution in [0.25, 0.3) is 0 Å². The number of benzene rings is 1. The third kappa shape index (κ3) is 2.45. The van der Waals surface area contributed by atoms with Crippen LogP contribution in [0.3, 0.4) is 0 Å². The minimum Gasteiger partial charge on any atom is -0.491 e. The average molecular weight is 272 g/mol. The Labute approximate surface area is 116 Å². The first-order valence-electron chi connectivity index (χ1n) is 6.54. The number of hydrogen-bond donors (Lipinski definition) is 1. The number of nitrogens with two attached hydrogens (primary N) is 1. The van der Waals surface area contributed by atoms with Crippen molar-refractivity contribution in [1.29, 1.82) is 0 Å². The van der Waals surface area contributed by atoms with Gasteiger partial charge in [0.05, 0.1) is 37.1 Å². The number of hydrogen-bond acceptors (Lipinski definition) is 4. The van der Waals surface area contributed by atoms with Gasteiger partial charge in [-0.05, 0) is 12.1 Å². The highest BCUT2D eigenvalue weighted by Crippen LogP contribution is 2.30. The summed E-state index contributed by atoms with van der Waals surface area (Å²) in [6.07, 6.45) is 3.74. The van der Waals surface area contributed by atoms with Gasteiger partial charge in [-0.15, -0.1) is 0 Å². The van der Waals surface area contributed by atoms with Gasteiger partial charge < -0.3 is 15.4 Å². The number of carbonyl (C=O) groups excluding carboxylic acids is 1. The number of aromatic nitrogens is 2. The first-order valence-corrected chi connectivity index (χ1v) is 6.54. The Balaban J connectivity index is 1.81. The standard InChI is InChI=1S/C14H16N4O2/c15-11-9-16-17(10-11)6-7-18-12-3-1-2-4-13(12)20-8-5-14(18)19/h1-4,9-10H,5-8,15H2. The summed E-state index contributed by atoms with van der Waals surface area (Å²) in [7, 11) is 0. The highest BCUT2D eigenvalue weighted by Gasteiger charge is 2.22. The van der Waals surface area contributed by atoms with Crippen LogP contribution in [-0.4, -0.2) is 28.8 Å². The molecule has 1 aromatic carbocycles. The molecule has 1 aliphatic rings. The zero-order valence-corrected chi connectivity index (χ0v) is 11.0. The van der Waals surface area contributed by atoms with E-state index in [0.717, 1.165) is 11.4 Å². The third-order valence-corrected chi connectivity index (χ3v) is 3.24. The van der Waals surface area contributed by atoms with Gasteiger partial charge in [-0.2, -0.15) is 5.10 Å². The second-order valence-corrected chi connectivity index (χ2v) is 4.65. The zero-order valence-electron chi connectivity index (χ0n) is 11.0. The van der Waals surface area contributed by atoms with Crippen molar-refractivity contribution >= 4 is 17.3 Å². The van der Waals surface area contributed by atoms with Gasteiger partial charge in [-0.1, -0.05) is 12.1 Å². The molecule has 0 bridgehead atoms. The maximum Gasteiger partial charge on any atom is 0.230 e. The second kappa shape index (κ2) is 5.24. The van der Waals surface area contributed by atoms with E-state index in [-0.39, 0.29) is 5.91 Å². The quantitative estimate of drug-likeness (QED) is 0.913. The Morgan fingerprint density at radius 2 is 2.15 bits per heavy atom. The van der Waals surface area contributed by atoms with Crippen molar-refractivity contribution in [3.05, 3.63) is 36.7 Å². The van der Waals surface area contributed by atoms with Crippen molar-refractivity contribution in [3.8, 4) is 5.75 Å². The number of ether oxygens (including phenoxy) is 1. The summed E-state index contributed by atoms with van der Waals surface area (Å²) in [6.45, 7) is 1.55. The number of nitrogen functional groups attached to an aromatic ring is 1. The summed E-state index contributed by atoms with van der Waals surface area (Å²) in [5.41, 5.74) is 7.07. The van der Waals surface area contributed by atoms with Crippen molar-refractivity contribution in [3.63, 3.8) is 0 Å². The molecule has 6 nitrogen and oxygen atoms in total. The largest absolute Gasteiger partial charge is 0.491 e. The summed E-state index contributed by atoms with van der Waals surface area (Å²) in [5, 5.41) is 4.13. The summed E-state index contributed by atoms with van der Waals surface area (Å²) in [6, 6.07) is 7.59. The molecule has 1 amide bonds. The summed E-state index contributed by atoms with van der Waals surface area (Å²) in [4.78, 5) is 13.9. The molecule has 1 aromatic heterocycles. The Kier molecular flexibility index (Phi) is 3.28. The lowest BCUT2D eigenvalue weighted by Gasteiger charge is -2.21. The molecule has 0 saturated heterocycles. The van der Waals surface area contributed by atoms with Crippen LogP contribution in [0, 0.1) is 0 Å². The van der Waals surface area contributed by atoms with Gasteiger partial charge in [0.25, 0.3) is 0 Å². The summed E-state index contributed by atoms with van der Waals surface area (Å²) >= 11 is 0.